The Bertz CT molecular complexity index is 286. The molecule has 0 atom stereocenters. The second-order valence-electron chi connectivity index (χ2n) is 7.92. The molecule has 3 rings (SSSR count). The average molecular weight is 278 g/mol. The van der Waals surface area contributed by atoms with Crippen LogP contribution >= 0.6 is 0 Å². The van der Waals surface area contributed by atoms with Crippen LogP contribution in [0.5, 0.6) is 0 Å². The van der Waals surface area contributed by atoms with E-state index in [1.54, 1.807) is 0 Å². The molecule has 3 aliphatic rings. The van der Waals surface area contributed by atoms with Gasteiger partial charge in [0.1, 0.15) is 0 Å². The van der Waals surface area contributed by atoms with Crippen molar-refractivity contribution < 1.29 is 0 Å². The summed E-state index contributed by atoms with van der Waals surface area (Å²) in [5.74, 6) is 0. The lowest BCUT2D eigenvalue weighted by Gasteiger charge is -2.43. The van der Waals surface area contributed by atoms with Gasteiger partial charge < -0.3 is 10.2 Å². The molecule has 3 saturated carbocycles. The first-order valence-corrected chi connectivity index (χ1v) is 9.21. The Kier molecular flexibility index (Phi) is 5.04. The molecule has 0 unspecified atom stereocenters. The van der Waals surface area contributed by atoms with Gasteiger partial charge in [-0.2, -0.15) is 0 Å². The van der Waals surface area contributed by atoms with Crippen LogP contribution in [0.25, 0.3) is 0 Å². The highest BCUT2D eigenvalue weighted by molar-refractivity contribution is 4.92. The van der Waals surface area contributed by atoms with Gasteiger partial charge in [-0.15, -0.1) is 0 Å². The Morgan fingerprint density at radius 2 is 1.55 bits per heavy atom. The van der Waals surface area contributed by atoms with E-state index in [4.69, 9.17) is 0 Å². The third-order valence-electron chi connectivity index (χ3n) is 6.04. The molecule has 0 heterocycles. The fraction of sp³-hybridized carbons (Fsp3) is 1.00. The van der Waals surface area contributed by atoms with Crippen LogP contribution in [0, 0.1) is 5.41 Å². The third kappa shape index (κ3) is 3.98. The molecule has 0 bridgehead atoms. The molecule has 0 radical (unpaired) electrons. The standard InChI is InChI=1S/C18H34N2/c1-20(17-8-4-2-5-9-17)15-18(12-6-3-7-13-18)14-19-16-10-11-16/h16-17,19H,2-15H2,1H3. The van der Waals surface area contributed by atoms with E-state index in [9.17, 15) is 0 Å². The Morgan fingerprint density at radius 1 is 0.900 bits per heavy atom. The first-order chi connectivity index (χ1) is 9.77. The van der Waals surface area contributed by atoms with Gasteiger partial charge in [0.05, 0.1) is 0 Å². The van der Waals surface area contributed by atoms with Gasteiger partial charge in [0.2, 0.25) is 0 Å². The van der Waals surface area contributed by atoms with Crippen LogP contribution in [0.4, 0.5) is 0 Å². The third-order valence-corrected chi connectivity index (χ3v) is 6.04. The zero-order valence-corrected chi connectivity index (χ0v) is 13.5. The molecule has 1 N–H and O–H groups in total. The Morgan fingerprint density at radius 3 is 2.20 bits per heavy atom. The predicted octanol–water partition coefficient (Wildman–Crippen LogP) is 3.95. The van der Waals surface area contributed by atoms with Crippen molar-refractivity contribution in [2.24, 2.45) is 5.41 Å². The van der Waals surface area contributed by atoms with Crippen LogP contribution < -0.4 is 5.32 Å². The lowest BCUT2D eigenvalue weighted by molar-refractivity contribution is 0.0794. The second-order valence-corrected chi connectivity index (χ2v) is 7.92. The van der Waals surface area contributed by atoms with Crippen molar-refractivity contribution in [1.29, 1.82) is 0 Å². The van der Waals surface area contributed by atoms with Gasteiger partial charge in [-0.3, -0.25) is 0 Å². The lowest BCUT2D eigenvalue weighted by atomic mass is 9.73. The van der Waals surface area contributed by atoms with Crippen LogP contribution in [0.2, 0.25) is 0 Å². The first-order valence-electron chi connectivity index (χ1n) is 9.21. The quantitative estimate of drug-likeness (QED) is 0.791. The minimum Gasteiger partial charge on any atom is -0.313 e. The van der Waals surface area contributed by atoms with E-state index in [0.29, 0.717) is 5.41 Å². The molecule has 20 heavy (non-hydrogen) atoms. The number of nitrogens with one attached hydrogen (secondary N) is 1. The summed E-state index contributed by atoms with van der Waals surface area (Å²) >= 11 is 0. The fourth-order valence-corrected chi connectivity index (χ4v) is 4.52. The lowest BCUT2D eigenvalue weighted by Crippen LogP contribution is -2.48. The van der Waals surface area contributed by atoms with Gasteiger partial charge in [-0.05, 0) is 51.0 Å². The molecule has 0 amide bonds. The first kappa shape index (κ1) is 14.8. The average Bonchev–Trinajstić information content (AvgIpc) is 3.31. The van der Waals surface area contributed by atoms with Crippen LogP contribution in [-0.2, 0) is 0 Å². The number of rotatable bonds is 6. The van der Waals surface area contributed by atoms with Gasteiger partial charge in [0, 0.05) is 25.2 Å². The maximum absolute atomic E-state index is 3.85. The molecular formula is C18H34N2. The highest BCUT2D eigenvalue weighted by atomic mass is 15.1. The van der Waals surface area contributed by atoms with Crippen molar-refractivity contribution >= 4 is 0 Å². The minimum atomic E-state index is 0.590. The zero-order chi connectivity index (χ0) is 13.8. The maximum atomic E-state index is 3.85. The van der Waals surface area contributed by atoms with E-state index in [1.807, 2.05) is 0 Å². The molecule has 2 nitrogen and oxygen atoms in total. The summed E-state index contributed by atoms with van der Waals surface area (Å²) in [6.45, 7) is 2.63. The Labute approximate surface area is 125 Å². The molecule has 3 fully saturated rings. The molecule has 0 aromatic heterocycles. The Balaban J connectivity index is 1.55. The monoisotopic (exact) mass is 278 g/mol. The molecule has 0 aromatic carbocycles. The van der Waals surface area contributed by atoms with Gasteiger partial charge in [-0.1, -0.05) is 38.5 Å². The zero-order valence-electron chi connectivity index (χ0n) is 13.5. The predicted molar refractivity (Wildman–Crippen MR) is 86.0 cm³/mol. The number of nitrogens with zero attached hydrogens (tertiary/aromatic N) is 1. The summed E-state index contributed by atoms with van der Waals surface area (Å²) in [6.07, 6.45) is 17.5. The van der Waals surface area contributed by atoms with E-state index < -0.39 is 0 Å². The summed E-state index contributed by atoms with van der Waals surface area (Å²) in [5, 5.41) is 3.85. The van der Waals surface area contributed by atoms with Gasteiger partial charge >= 0.3 is 0 Å². The fourth-order valence-electron chi connectivity index (χ4n) is 4.52. The molecule has 0 saturated heterocycles. The summed E-state index contributed by atoms with van der Waals surface area (Å²) in [4.78, 5) is 2.74. The maximum Gasteiger partial charge on any atom is 0.00924 e. The van der Waals surface area contributed by atoms with Gasteiger partial charge in [0.15, 0.2) is 0 Å². The van der Waals surface area contributed by atoms with Crippen LogP contribution in [0.3, 0.4) is 0 Å². The SMILES string of the molecule is CN(CC1(CNC2CC2)CCCCC1)C1CCCCC1. The number of hydrogen-bond acceptors (Lipinski definition) is 2. The summed E-state index contributed by atoms with van der Waals surface area (Å²) in [7, 11) is 2.41. The van der Waals surface area contributed by atoms with E-state index >= 15 is 0 Å². The van der Waals surface area contributed by atoms with Gasteiger partial charge in [0.25, 0.3) is 0 Å². The van der Waals surface area contributed by atoms with E-state index in [1.165, 1.54) is 90.1 Å². The molecule has 0 aromatic rings. The molecule has 0 aliphatic heterocycles. The number of hydrogen-bond donors (Lipinski definition) is 1. The largest absolute Gasteiger partial charge is 0.313 e. The van der Waals surface area contributed by atoms with Crippen molar-refractivity contribution in [3.05, 3.63) is 0 Å². The minimum absolute atomic E-state index is 0.590. The smallest absolute Gasteiger partial charge is 0.00924 e. The van der Waals surface area contributed by atoms with E-state index in [-0.39, 0.29) is 0 Å². The van der Waals surface area contributed by atoms with Crippen molar-refractivity contribution in [1.82, 2.24) is 10.2 Å². The van der Waals surface area contributed by atoms with E-state index in [2.05, 4.69) is 17.3 Å². The van der Waals surface area contributed by atoms with Crippen LogP contribution in [0.1, 0.15) is 77.0 Å². The summed E-state index contributed by atoms with van der Waals surface area (Å²) < 4.78 is 0. The van der Waals surface area contributed by atoms with E-state index in [0.717, 1.165) is 12.1 Å². The molecular weight excluding hydrogens is 244 g/mol. The molecule has 116 valence electrons. The van der Waals surface area contributed by atoms with Crippen molar-refractivity contribution in [2.45, 2.75) is 89.1 Å². The van der Waals surface area contributed by atoms with Crippen molar-refractivity contribution in [3.8, 4) is 0 Å². The normalized spacial score (nSPS) is 27.9. The highest BCUT2D eigenvalue weighted by Crippen LogP contribution is 2.38. The molecule has 2 heteroatoms. The molecule has 3 aliphatic carbocycles. The topological polar surface area (TPSA) is 15.3 Å². The second kappa shape index (κ2) is 6.79. The highest BCUT2D eigenvalue weighted by Gasteiger charge is 2.36. The van der Waals surface area contributed by atoms with Crippen molar-refractivity contribution in [3.63, 3.8) is 0 Å². The summed E-state index contributed by atoms with van der Waals surface area (Å²) in [5.41, 5.74) is 0.590. The van der Waals surface area contributed by atoms with Crippen LogP contribution in [-0.4, -0.2) is 37.1 Å². The molecule has 0 spiro atoms. The Hall–Kier alpha value is -0.0800. The summed E-state index contributed by atoms with van der Waals surface area (Å²) in [6, 6.07) is 1.75. The van der Waals surface area contributed by atoms with Gasteiger partial charge in [-0.25, -0.2) is 0 Å². The van der Waals surface area contributed by atoms with Crippen LogP contribution in [0.15, 0.2) is 0 Å². The van der Waals surface area contributed by atoms with Crippen molar-refractivity contribution in [2.75, 3.05) is 20.1 Å².